The first-order valence-corrected chi connectivity index (χ1v) is 11.7. The first-order chi connectivity index (χ1) is 17.2. The molecule has 1 atom stereocenters. The second-order valence-electron chi connectivity index (χ2n) is 9.21. The van der Waals surface area contributed by atoms with Gasteiger partial charge in [-0.3, -0.25) is 0 Å². The maximum Gasteiger partial charge on any atom is 0.347 e. The van der Waals surface area contributed by atoms with Gasteiger partial charge in [-0.2, -0.15) is 0 Å². The molecule has 2 N–H and O–H groups in total. The van der Waals surface area contributed by atoms with Gasteiger partial charge in [0, 0.05) is 38.9 Å². The van der Waals surface area contributed by atoms with E-state index in [0.717, 1.165) is 22.5 Å². The smallest absolute Gasteiger partial charge is 0.347 e. The number of aromatic nitrogens is 1. The highest BCUT2D eigenvalue weighted by atomic mass is 16.5. The van der Waals surface area contributed by atoms with Crippen LogP contribution in [0.5, 0.6) is 11.5 Å². The van der Waals surface area contributed by atoms with Crippen LogP contribution in [-0.2, 0) is 11.3 Å². The maximum absolute atomic E-state index is 11.3. The number of rotatable bonds is 11. The summed E-state index contributed by atoms with van der Waals surface area (Å²) in [7, 11) is 3.97. The average Bonchev–Trinajstić information content (AvgIpc) is 3.29. The van der Waals surface area contributed by atoms with Crippen LogP contribution in [0.3, 0.4) is 0 Å². The number of para-hydroxylation sites is 2. The molecule has 4 aromatic rings. The minimum atomic E-state index is -1.30. The summed E-state index contributed by atoms with van der Waals surface area (Å²) in [4.78, 5) is 18.0. The zero-order chi connectivity index (χ0) is 25.7. The second-order valence-corrected chi connectivity index (χ2v) is 9.21. The minimum Gasteiger partial charge on any atom is -0.479 e. The van der Waals surface area contributed by atoms with E-state index in [1.807, 2.05) is 79.7 Å². The average molecular weight is 490 g/mol. The molecule has 4 rings (SSSR count). The Morgan fingerprint density at radius 2 is 1.81 bits per heavy atom. The number of hydrogen-bond acceptors (Lipinski definition) is 7. The third kappa shape index (κ3) is 6.14. The van der Waals surface area contributed by atoms with Crippen molar-refractivity contribution in [3.8, 4) is 11.5 Å². The Bertz CT molecular complexity index is 1280. The molecule has 0 saturated heterocycles. The molecular weight excluding hydrogens is 458 g/mol. The molecule has 0 amide bonds. The molecular formula is C28H31N3O5. The Hall–Kier alpha value is -4.04. The van der Waals surface area contributed by atoms with Crippen molar-refractivity contribution in [2.75, 3.05) is 25.5 Å². The molecule has 8 heteroatoms. The fraction of sp³-hybridized carbons (Fsp3) is 0.286. The highest BCUT2D eigenvalue weighted by Crippen LogP contribution is 2.27. The van der Waals surface area contributed by atoms with Crippen molar-refractivity contribution < 1.29 is 23.8 Å². The monoisotopic (exact) mass is 489 g/mol. The molecule has 0 aliphatic carbocycles. The van der Waals surface area contributed by atoms with Crippen molar-refractivity contribution in [2.24, 2.45) is 0 Å². The lowest BCUT2D eigenvalue weighted by molar-refractivity contribution is -0.152. The molecule has 0 fully saturated rings. The highest BCUT2D eigenvalue weighted by molar-refractivity contribution is 5.76. The van der Waals surface area contributed by atoms with Crippen LogP contribution in [0.1, 0.15) is 31.4 Å². The highest BCUT2D eigenvalue weighted by Gasteiger charge is 2.29. The van der Waals surface area contributed by atoms with Gasteiger partial charge in [0.05, 0.1) is 0 Å². The Morgan fingerprint density at radius 3 is 2.50 bits per heavy atom. The number of carboxylic acid groups (broad SMARTS) is 1. The number of nitrogens with one attached hydrogen (secondary N) is 1. The molecule has 8 nitrogen and oxygen atoms in total. The molecule has 0 spiro atoms. The summed E-state index contributed by atoms with van der Waals surface area (Å²) in [5.74, 6) is 0.700. The molecule has 0 saturated carbocycles. The van der Waals surface area contributed by atoms with Crippen molar-refractivity contribution >= 4 is 22.8 Å². The van der Waals surface area contributed by atoms with Crippen molar-refractivity contribution in [3.63, 3.8) is 0 Å². The van der Waals surface area contributed by atoms with Gasteiger partial charge in [-0.15, -0.1) is 0 Å². The van der Waals surface area contributed by atoms with Gasteiger partial charge >= 0.3 is 5.97 Å². The van der Waals surface area contributed by atoms with E-state index in [0.29, 0.717) is 30.3 Å². The van der Waals surface area contributed by atoms with Gasteiger partial charge < -0.3 is 29.2 Å². The van der Waals surface area contributed by atoms with Gasteiger partial charge in [-0.1, -0.05) is 30.3 Å². The van der Waals surface area contributed by atoms with Crippen LogP contribution in [-0.4, -0.2) is 42.3 Å². The zero-order valence-electron chi connectivity index (χ0n) is 20.9. The first kappa shape index (κ1) is 25.1. The number of carbonyl (C=O) groups is 1. The number of fused-ring (bicyclic) bond motifs is 1. The van der Waals surface area contributed by atoms with Crippen molar-refractivity contribution in [1.82, 2.24) is 10.3 Å². The summed E-state index contributed by atoms with van der Waals surface area (Å²) < 4.78 is 17.9. The third-order valence-corrected chi connectivity index (χ3v) is 5.67. The molecule has 1 aromatic heterocycles. The van der Waals surface area contributed by atoms with E-state index in [1.165, 1.54) is 13.8 Å². The number of carboxylic acids is 1. The fourth-order valence-corrected chi connectivity index (χ4v) is 3.57. The predicted molar refractivity (Wildman–Crippen MR) is 139 cm³/mol. The summed E-state index contributed by atoms with van der Waals surface area (Å²) in [5, 5.41) is 12.7. The Labute approximate surface area is 210 Å². The lowest BCUT2D eigenvalue weighted by Crippen LogP contribution is -2.37. The normalized spacial score (nSPS) is 12.3. The number of hydrogen-bond donors (Lipinski definition) is 2. The first-order valence-electron chi connectivity index (χ1n) is 11.7. The van der Waals surface area contributed by atoms with Crippen molar-refractivity contribution in [3.05, 3.63) is 84.3 Å². The summed E-state index contributed by atoms with van der Waals surface area (Å²) in [6, 6.07) is 22.8. The minimum absolute atomic E-state index is 0.450. The van der Waals surface area contributed by atoms with E-state index in [2.05, 4.69) is 10.3 Å². The van der Waals surface area contributed by atoms with Gasteiger partial charge in [-0.05, 0) is 55.8 Å². The predicted octanol–water partition coefficient (Wildman–Crippen LogP) is 5.05. The molecule has 0 aliphatic heterocycles. The van der Waals surface area contributed by atoms with Crippen molar-refractivity contribution in [2.45, 2.75) is 32.1 Å². The van der Waals surface area contributed by atoms with Gasteiger partial charge in [0.1, 0.15) is 17.0 Å². The van der Waals surface area contributed by atoms with E-state index >= 15 is 0 Å². The molecule has 188 valence electrons. The molecule has 1 unspecified atom stereocenters. The van der Waals surface area contributed by atoms with Crippen LogP contribution in [0.2, 0.25) is 0 Å². The number of ether oxygens (including phenoxy) is 2. The van der Waals surface area contributed by atoms with Gasteiger partial charge in [0.25, 0.3) is 0 Å². The number of nitrogens with zero attached hydrogens (tertiary/aromatic N) is 2. The molecule has 36 heavy (non-hydrogen) atoms. The molecule has 0 bridgehead atoms. The Kier molecular flexibility index (Phi) is 7.45. The van der Waals surface area contributed by atoms with E-state index in [-0.39, 0.29) is 0 Å². The Balaban J connectivity index is 1.46. The molecule has 0 aliphatic rings. The van der Waals surface area contributed by atoms with Crippen molar-refractivity contribution in [1.29, 1.82) is 0 Å². The molecule has 0 radical (unpaired) electrons. The van der Waals surface area contributed by atoms with Gasteiger partial charge in [0.2, 0.25) is 5.89 Å². The van der Waals surface area contributed by atoms with E-state index < -0.39 is 17.7 Å². The number of aliphatic carboxylic acids is 1. The van der Waals surface area contributed by atoms with Crippen LogP contribution < -0.4 is 19.7 Å². The molecule has 3 aromatic carbocycles. The quantitative estimate of drug-likeness (QED) is 0.302. The van der Waals surface area contributed by atoms with Crippen LogP contribution in [0, 0.1) is 0 Å². The Morgan fingerprint density at radius 1 is 1.06 bits per heavy atom. The van der Waals surface area contributed by atoms with Gasteiger partial charge in [0.15, 0.2) is 17.3 Å². The summed E-state index contributed by atoms with van der Waals surface area (Å²) in [6.07, 6.45) is -0.450. The van der Waals surface area contributed by atoms with Crippen LogP contribution in [0.15, 0.2) is 77.2 Å². The number of oxazole rings is 1. The van der Waals surface area contributed by atoms with Gasteiger partial charge in [-0.25, -0.2) is 9.78 Å². The topological polar surface area (TPSA) is 97.1 Å². The number of benzene rings is 3. The third-order valence-electron chi connectivity index (χ3n) is 5.67. The van der Waals surface area contributed by atoms with E-state index in [1.54, 1.807) is 12.1 Å². The maximum atomic E-state index is 11.3. The zero-order valence-corrected chi connectivity index (χ0v) is 20.9. The SMILES string of the molecule is CN(C)c1cccc(OC(CNCc2ccc(OC(C)(C)C(=O)O)cc2)c2nc3ccccc3o2)c1. The summed E-state index contributed by atoms with van der Waals surface area (Å²) in [6.45, 7) is 4.07. The number of anilines is 1. The fourth-order valence-electron chi connectivity index (χ4n) is 3.57. The molecule has 1 heterocycles. The standard InChI is InChI=1S/C28H31N3O5/c1-28(2,27(32)33)36-21-14-12-19(13-15-21)17-29-18-25(26-30-23-10-5-6-11-24(23)35-26)34-22-9-7-8-20(16-22)31(3)4/h5-16,25,29H,17-18H2,1-4H3,(H,32,33). The van der Waals surface area contributed by atoms with E-state index in [9.17, 15) is 9.90 Å². The second kappa shape index (κ2) is 10.7. The largest absolute Gasteiger partial charge is 0.479 e. The van der Waals surface area contributed by atoms with Crippen LogP contribution in [0.4, 0.5) is 5.69 Å². The summed E-state index contributed by atoms with van der Waals surface area (Å²) in [5.41, 5.74) is 2.24. The van der Waals surface area contributed by atoms with E-state index in [4.69, 9.17) is 13.9 Å². The van der Waals surface area contributed by atoms with Crippen LogP contribution in [0.25, 0.3) is 11.1 Å². The van der Waals surface area contributed by atoms with Crippen LogP contribution >= 0.6 is 0 Å². The summed E-state index contributed by atoms with van der Waals surface area (Å²) >= 11 is 0. The lowest BCUT2D eigenvalue weighted by atomic mass is 10.1. The lowest BCUT2D eigenvalue weighted by Gasteiger charge is -2.21.